The first kappa shape index (κ1) is 20.8. The van der Waals surface area contributed by atoms with Gasteiger partial charge in [-0.05, 0) is 49.3 Å². The topological polar surface area (TPSA) is 72.2 Å². The fourth-order valence-electron chi connectivity index (χ4n) is 4.57. The number of rotatable bonds is 6. The molecule has 7 heteroatoms. The molecular weight excluding hydrogens is 378 g/mol. The minimum atomic E-state index is -0.184. The van der Waals surface area contributed by atoms with E-state index in [-0.39, 0.29) is 18.1 Å². The smallest absolute Gasteiger partial charge is 0.346 e. The second kappa shape index (κ2) is 9.60. The zero-order valence-electron chi connectivity index (χ0n) is 18.0. The highest BCUT2D eigenvalue weighted by Gasteiger charge is 2.18. The van der Waals surface area contributed by atoms with Gasteiger partial charge in [-0.2, -0.15) is 5.10 Å². The summed E-state index contributed by atoms with van der Waals surface area (Å²) in [5.74, 6) is 1.41. The van der Waals surface area contributed by atoms with Crippen molar-refractivity contribution in [3.63, 3.8) is 0 Å². The van der Waals surface area contributed by atoms with E-state index in [1.54, 1.807) is 4.57 Å². The summed E-state index contributed by atoms with van der Waals surface area (Å²) in [5, 5.41) is 7.29. The molecule has 30 heavy (non-hydrogen) atoms. The molecule has 0 saturated carbocycles. The highest BCUT2D eigenvalue weighted by Crippen LogP contribution is 2.18. The fourth-order valence-corrected chi connectivity index (χ4v) is 4.57. The largest absolute Gasteiger partial charge is 0.350 e. The Morgan fingerprint density at radius 2 is 1.90 bits per heavy atom. The Kier molecular flexibility index (Phi) is 6.67. The minimum absolute atomic E-state index is 0.0237. The number of hydrogen-bond acceptors (Lipinski definition) is 4. The zero-order valence-corrected chi connectivity index (χ0v) is 18.0. The number of carbonyl (C=O) groups is 1. The first-order valence-corrected chi connectivity index (χ1v) is 11.3. The lowest BCUT2D eigenvalue weighted by Gasteiger charge is -2.30. The van der Waals surface area contributed by atoms with Crippen molar-refractivity contribution in [2.24, 2.45) is 5.92 Å². The number of nitrogens with zero attached hydrogens (tertiary/aromatic N) is 4. The van der Waals surface area contributed by atoms with Gasteiger partial charge >= 0.3 is 5.69 Å². The molecule has 0 radical (unpaired) electrons. The summed E-state index contributed by atoms with van der Waals surface area (Å²) in [6, 6.07) is 8.46. The Balaban J connectivity index is 1.27. The van der Waals surface area contributed by atoms with Gasteiger partial charge in [0.25, 0.3) is 0 Å². The van der Waals surface area contributed by atoms with Crippen molar-refractivity contribution in [1.82, 2.24) is 24.6 Å². The maximum Gasteiger partial charge on any atom is 0.346 e. The predicted octanol–water partition coefficient (Wildman–Crippen LogP) is 2.32. The van der Waals surface area contributed by atoms with Crippen LogP contribution in [0.3, 0.4) is 0 Å². The Labute approximate surface area is 178 Å². The van der Waals surface area contributed by atoms with E-state index in [2.05, 4.69) is 46.5 Å². The number of piperidine rings is 1. The lowest BCUT2D eigenvalue weighted by Crippen LogP contribution is -2.34. The summed E-state index contributed by atoms with van der Waals surface area (Å²) in [6.45, 7) is 6.82. The Morgan fingerprint density at radius 1 is 1.10 bits per heavy atom. The molecule has 0 spiro atoms. The number of benzene rings is 1. The molecule has 7 nitrogen and oxygen atoms in total. The summed E-state index contributed by atoms with van der Waals surface area (Å²) in [6.07, 6.45) is 6.61. The van der Waals surface area contributed by atoms with Crippen LogP contribution in [0.25, 0.3) is 0 Å². The summed E-state index contributed by atoms with van der Waals surface area (Å²) in [4.78, 5) is 27.4. The van der Waals surface area contributed by atoms with E-state index in [4.69, 9.17) is 0 Å². The van der Waals surface area contributed by atoms with E-state index >= 15 is 0 Å². The number of amides is 1. The maximum absolute atomic E-state index is 12.5. The van der Waals surface area contributed by atoms with E-state index in [9.17, 15) is 9.59 Å². The molecule has 4 rings (SSSR count). The minimum Gasteiger partial charge on any atom is -0.350 e. The van der Waals surface area contributed by atoms with Crippen LogP contribution in [0.5, 0.6) is 0 Å². The van der Waals surface area contributed by atoms with Crippen LogP contribution in [0, 0.1) is 5.92 Å². The van der Waals surface area contributed by atoms with Gasteiger partial charge in [-0.25, -0.2) is 9.48 Å². The number of aryl methyl sites for hydroxylation is 1. The highest BCUT2D eigenvalue weighted by atomic mass is 16.2. The average Bonchev–Trinajstić information content (AvgIpc) is 2.90. The van der Waals surface area contributed by atoms with Crippen molar-refractivity contribution in [3.05, 3.63) is 51.7 Å². The Hall–Kier alpha value is -2.41. The van der Waals surface area contributed by atoms with Crippen LogP contribution in [-0.4, -0.2) is 38.2 Å². The molecular formula is C23H33N5O2. The number of likely N-dealkylation sites (tertiary alicyclic amines) is 1. The standard InChI is InChI=1S/C23H33N5O2/c1-18-6-5-12-26(15-18)16-20-10-8-19(9-11-20)14-24-22(29)17-28-23(30)27-13-4-2-3-7-21(27)25-28/h8-11,18H,2-7,12-17H2,1H3,(H,24,29). The van der Waals surface area contributed by atoms with Crippen LogP contribution in [0.2, 0.25) is 0 Å². The molecule has 2 aliphatic rings. The molecule has 1 atom stereocenters. The van der Waals surface area contributed by atoms with Crippen molar-refractivity contribution in [3.8, 4) is 0 Å². The molecule has 1 unspecified atom stereocenters. The third kappa shape index (κ3) is 5.19. The molecule has 2 aromatic rings. The van der Waals surface area contributed by atoms with Crippen molar-refractivity contribution in [1.29, 1.82) is 0 Å². The number of carbonyl (C=O) groups excluding carboxylic acids is 1. The normalized spacial score (nSPS) is 19.8. The lowest BCUT2D eigenvalue weighted by atomic mass is 9.99. The van der Waals surface area contributed by atoms with Crippen molar-refractivity contribution < 1.29 is 4.79 Å². The van der Waals surface area contributed by atoms with E-state index in [1.807, 2.05) is 0 Å². The summed E-state index contributed by atoms with van der Waals surface area (Å²) in [7, 11) is 0. The van der Waals surface area contributed by atoms with Crippen molar-refractivity contribution in [2.45, 2.75) is 71.6 Å². The lowest BCUT2D eigenvalue weighted by molar-refractivity contribution is -0.122. The zero-order chi connectivity index (χ0) is 20.9. The monoisotopic (exact) mass is 411 g/mol. The third-order valence-corrected chi connectivity index (χ3v) is 6.23. The van der Waals surface area contributed by atoms with Gasteiger partial charge in [0.15, 0.2) is 0 Å². The van der Waals surface area contributed by atoms with E-state index in [1.165, 1.54) is 36.2 Å². The highest BCUT2D eigenvalue weighted by molar-refractivity contribution is 5.75. The van der Waals surface area contributed by atoms with Gasteiger partial charge in [-0.1, -0.05) is 37.6 Å². The SMILES string of the molecule is CC1CCCN(Cc2ccc(CNC(=O)Cn3nc4n(c3=O)CCCCC4)cc2)C1. The molecule has 0 bridgehead atoms. The van der Waals surface area contributed by atoms with Crippen LogP contribution in [-0.2, 0) is 37.4 Å². The summed E-state index contributed by atoms with van der Waals surface area (Å²) < 4.78 is 3.03. The molecule has 1 N–H and O–H groups in total. The summed E-state index contributed by atoms with van der Waals surface area (Å²) >= 11 is 0. The second-order valence-corrected chi connectivity index (χ2v) is 8.89. The Morgan fingerprint density at radius 3 is 2.70 bits per heavy atom. The molecule has 1 aromatic heterocycles. The van der Waals surface area contributed by atoms with Gasteiger partial charge < -0.3 is 5.32 Å². The first-order valence-electron chi connectivity index (χ1n) is 11.3. The maximum atomic E-state index is 12.5. The van der Waals surface area contributed by atoms with Crippen molar-refractivity contribution in [2.75, 3.05) is 13.1 Å². The third-order valence-electron chi connectivity index (χ3n) is 6.23. The van der Waals surface area contributed by atoms with Gasteiger partial charge in [0, 0.05) is 32.6 Å². The van der Waals surface area contributed by atoms with Crippen LogP contribution in [0.1, 0.15) is 56.0 Å². The van der Waals surface area contributed by atoms with E-state index < -0.39 is 0 Å². The Bertz CT molecular complexity index is 915. The van der Waals surface area contributed by atoms with Crippen LogP contribution >= 0.6 is 0 Å². The number of hydrogen-bond donors (Lipinski definition) is 1. The van der Waals surface area contributed by atoms with Gasteiger partial charge in [0.2, 0.25) is 5.91 Å². The fraction of sp³-hybridized carbons (Fsp3) is 0.609. The average molecular weight is 412 g/mol. The van der Waals surface area contributed by atoms with Crippen LogP contribution < -0.4 is 11.0 Å². The number of fused-ring (bicyclic) bond motifs is 1. The van der Waals surface area contributed by atoms with Crippen LogP contribution in [0.15, 0.2) is 29.1 Å². The quantitative estimate of drug-likeness (QED) is 0.792. The molecule has 162 valence electrons. The molecule has 3 heterocycles. The molecule has 1 amide bonds. The van der Waals surface area contributed by atoms with Crippen LogP contribution in [0.4, 0.5) is 0 Å². The molecule has 2 aliphatic heterocycles. The number of aromatic nitrogens is 3. The predicted molar refractivity (Wildman–Crippen MR) is 116 cm³/mol. The first-order chi connectivity index (χ1) is 14.6. The molecule has 1 aromatic carbocycles. The molecule has 1 saturated heterocycles. The molecule has 1 fully saturated rings. The van der Waals surface area contributed by atoms with Gasteiger partial charge in [-0.3, -0.25) is 14.3 Å². The van der Waals surface area contributed by atoms with E-state index in [0.717, 1.165) is 49.5 Å². The van der Waals surface area contributed by atoms with Gasteiger partial charge in [0.05, 0.1) is 0 Å². The number of nitrogens with one attached hydrogen (secondary N) is 1. The van der Waals surface area contributed by atoms with Crippen molar-refractivity contribution >= 4 is 5.91 Å². The molecule has 0 aliphatic carbocycles. The van der Waals surface area contributed by atoms with Gasteiger partial charge in [-0.15, -0.1) is 0 Å². The van der Waals surface area contributed by atoms with Gasteiger partial charge in [0.1, 0.15) is 12.4 Å². The van der Waals surface area contributed by atoms with E-state index in [0.29, 0.717) is 13.1 Å². The summed E-state index contributed by atoms with van der Waals surface area (Å²) in [5.41, 5.74) is 2.20. The second-order valence-electron chi connectivity index (χ2n) is 8.89.